The number of hydrogen-bond acceptors (Lipinski definition) is 2. The van der Waals surface area contributed by atoms with Gasteiger partial charge in [-0.2, -0.15) is 0 Å². The molecular weight excluding hydrogens is 246 g/mol. The van der Waals surface area contributed by atoms with E-state index in [1.165, 1.54) is 5.56 Å². The quantitative estimate of drug-likeness (QED) is 0.850. The molecule has 2 nitrogen and oxygen atoms in total. The number of methoxy groups -OCH3 is 1. The molecule has 18 heavy (non-hydrogen) atoms. The second-order valence-corrected chi connectivity index (χ2v) is 5.62. The highest BCUT2D eigenvalue weighted by atomic mass is 35.5. The molecule has 0 aromatic heterocycles. The maximum absolute atomic E-state index is 6.15. The summed E-state index contributed by atoms with van der Waals surface area (Å²) < 4.78 is 5.51. The summed E-state index contributed by atoms with van der Waals surface area (Å²) in [6.45, 7) is 7.56. The Hall–Kier alpha value is -0.730. The van der Waals surface area contributed by atoms with Crippen molar-refractivity contribution in [3.8, 4) is 5.75 Å². The zero-order valence-corrected chi connectivity index (χ0v) is 12.8. The summed E-state index contributed by atoms with van der Waals surface area (Å²) in [4.78, 5) is 0. The van der Waals surface area contributed by atoms with Crippen LogP contribution in [0.5, 0.6) is 5.75 Å². The number of benzene rings is 1. The van der Waals surface area contributed by atoms with Crippen LogP contribution in [-0.2, 0) is 6.42 Å². The van der Waals surface area contributed by atoms with Crippen molar-refractivity contribution in [3.05, 3.63) is 28.3 Å². The molecule has 0 aliphatic heterocycles. The molecule has 0 aliphatic rings. The number of nitrogens with one attached hydrogen (secondary N) is 1. The van der Waals surface area contributed by atoms with Gasteiger partial charge in [0.1, 0.15) is 5.75 Å². The van der Waals surface area contributed by atoms with Crippen molar-refractivity contribution >= 4 is 11.6 Å². The van der Waals surface area contributed by atoms with Gasteiger partial charge in [0.15, 0.2) is 0 Å². The smallest absolute Gasteiger partial charge is 0.125 e. The third-order valence-corrected chi connectivity index (χ3v) is 3.63. The van der Waals surface area contributed by atoms with Crippen molar-refractivity contribution in [2.45, 2.75) is 27.2 Å². The lowest BCUT2D eigenvalue weighted by Gasteiger charge is -2.22. The first kappa shape index (κ1) is 15.3. The first-order valence-corrected chi connectivity index (χ1v) is 6.85. The van der Waals surface area contributed by atoms with Gasteiger partial charge in [-0.3, -0.25) is 0 Å². The highest BCUT2D eigenvalue weighted by Gasteiger charge is 2.17. The molecule has 0 fully saturated rings. The molecular formula is C15H24ClNO. The lowest BCUT2D eigenvalue weighted by atomic mass is 9.88. The summed E-state index contributed by atoms with van der Waals surface area (Å²) in [6.07, 6.45) is 0.989. The van der Waals surface area contributed by atoms with Crippen molar-refractivity contribution in [1.82, 2.24) is 5.32 Å². The molecule has 3 heteroatoms. The summed E-state index contributed by atoms with van der Waals surface area (Å²) in [5, 5.41) is 4.05. The topological polar surface area (TPSA) is 21.3 Å². The number of hydrogen-bond donors (Lipinski definition) is 1. The zero-order chi connectivity index (χ0) is 13.7. The summed E-state index contributed by atoms with van der Waals surface area (Å²) in [7, 11) is 3.72. The number of aryl methyl sites for hydroxylation is 1. The Bertz CT molecular complexity index is 390. The molecule has 1 atom stereocenters. The van der Waals surface area contributed by atoms with Crippen molar-refractivity contribution in [1.29, 1.82) is 0 Å². The predicted molar refractivity (Wildman–Crippen MR) is 78.7 cm³/mol. The monoisotopic (exact) mass is 269 g/mol. The van der Waals surface area contributed by atoms with Crippen molar-refractivity contribution in [3.63, 3.8) is 0 Å². The van der Waals surface area contributed by atoms with E-state index in [4.69, 9.17) is 16.3 Å². The van der Waals surface area contributed by atoms with Crippen molar-refractivity contribution in [2.75, 3.05) is 20.7 Å². The molecule has 0 heterocycles. The third kappa shape index (κ3) is 3.89. The van der Waals surface area contributed by atoms with E-state index >= 15 is 0 Å². The van der Waals surface area contributed by atoms with Gasteiger partial charge in [0.2, 0.25) is 0 Å². The Kier molecular flexibility index (Phi) is 5.97. The Morgan fingerprint density at radius 1 is 1.33 bits per heavy atom. The molecule has 1 aromatic rings. The van der Waals surface area contributed by atoms with Gasteiger partial charge in [-0.25, -0.2) is 0 Å². The van der Waals surface area contributed by atoms with Gasteiger partial charge in [0.05, 0.1) is 7.11 Å². The van der Waals surface area contributed by atoms with Gasteiger partial charge in [-0.15, -0.1) is 0 Å². The van der Waals surface area contributed by atoms with Crippen LogP contribution in [0.2, 0.25) is 5.02 Å². The minimum atomic E-state index is 0.585. The van der Waals surface area contributed by atoms with E-state index in [-0.39, 0.29) is 0 Å². The van der Waals surface area contributed by atoms with Crippen LogP contribution in [-0.4, -0.2) is 20.7 Å². The molecule has 0 bridgehead atoms. The van der Waals surface area contributed by atoms with Gasteiger partial charge in [-0.05, 0) is 62.0 Å². The Morgan fingerprint density at radius 3 is 2.50 bits per heavy atom. The van der Waals surface area contributed by atoms with Crippen LogP contribution < -0.4 is 10.1 Å². The van der Waals surface area contributed by atoms with Gasteiger partial charge in [0.25, 0.3) is 0 Å². The maximum Gasteiger partial charge on any atom is 0.125 e. The molecule has 1 aromatic carbocycles. The first-order valence-electron chi connectivity index (χ1n) is 6.47. The zero-order valence-electron chi connectivity index (χ0n) is 12.0. The molecule has 0 saturated carbocycles. The summed E-state index contributed by atoms with van der Waals surface area (Å²) in [6, 6.07) is 3.98. The molecule has 0 saturated heterocycles. The van der Waals surface area contributed by atoms with E-state index in [1.54, 1.807) is 7.11 Å². The maximum atomic E-state index is 6.15. The van der Waals surface area contributed by atoms with E-state index < -0.39 is 0 Å². The lowest BCUT2D eigenvalue weighted by molar-refractivity contribution is 0.357. The normalized spacial score (nSPS) is 12.8. The summed E-state index contributed by atoms with van der Waals surface area (Å²) >= 11 is 6.15. The van der Waals surface area contributed by atoms with Gasteiger partial charge in [0, 0.05) is 5.02 Å². The highest BCUT2D eigenvalue weighted by molar-refractivity contribution is 6.30. The largest absolute Gasteiger partial charge is 0.496 e. The van der Waals surface area contributed by atoms with E-state index in [0.29, 0.717) is 11.8 Å². The average Bonchev–Trinajstić information content (AvgIpc) is 2.27. The van der Waals surface area contributed by atoms with Gasteiger partial charge < -0.3 is 10.1 Å². The minimum Gasteiger partial charge on any atom is -0.496 e. The second-order valence-electron chi connectivity index (χ2n) is 5.18. The van der Waals surface area contributed by atoms with E-state index in [2.05, 4.69) is 19.2 Å². The van der Waals surface area contributed by atoms with Gasteiger partial charge in [-0.1, -0.05) is 25.4 Å². The minimum absolute atomic E-state index is 0.585. The first-order chi connectivity index (χ1) is 8.49. The van der Waals surface area contributed by atoms with Crippen LogP contribution in [0.25, 0.3) is 0 Å². The summed E-state index contributed by atoms with van der Waals surface area (Å²) in [5.74, 6) is 2.18. The highest BCUT2D eigenvalue weighted by Crippen LogP contribution is 2.30. The van der Waals surface area contributed by atoms with E-state index in [9.17, 15) is 0 Å². The number of rotatable bonds is 6. The average molecular weight is 270 g/mol. The molecule has 0 aliphatic carbocycles. The predicted octanol–water partition coefficient (Wildman–Crippen LogP) is 3.69. The molecule has 1 rings (SSSR count). The SMILES string of the molecule is CNCC(Cc1cc(Cl)cc(C)c1OC)C(C)C. The fourth-order valence-electron chi connectivity index (χ4n) is 2.33. The van der Waals surface area contributed by atoms with Crippen LogP contribution in [0, 0.1) is 18.8 Å². The molecule has 1 N–H and O–H groups in total. The Balaban J connectivity index is 3.00. The van der Waals surface area contributed by atoms with Crippen LogP contribution in [0.3, 0.4) is 0 Å². The number of ether oxygens (including phenoxy) is 1. The Morgan fingerprint density at radius 2 is 2.00 bits per heavy atom. The van der Waals surface area contributed by atoms with Crippen molar-refractivity contribution in [2.24, 2.45) is 11.8 Å². The third-order valence-electron chi connectivity index (χ3n) is 3.41. The Labute approximate surface area is 116 Å². The molecule has 0 radical (unpaired) electrons. The van der Waals surface area contributed by atoms with Crippen LogP contribution in [0.1, 0.15) is 25.0 Å². The van der Waals surface area contributed by atoms with Gasteiger partial charge >= 0.3 is 0 Å². The molecule has 102 valence electrons. The standard InChI is InChI=1S/C15H24ClNO/c1-10(2)13(9-17-4)7-12-8-14(16)6-11(3)15(12)18-5/h6,8,10,13,17H,7,9H2,1-5H3. The molecule has 0 spiro atoms. The van der Waals surface area contributed by atoms with E-state index in [1.807, 2.05) is 26.1 Å². The van der Waals surface area contributed by atoms with Crippen LogP contribution in [0.15, 0.2) is 12.1 Å². The van der Waals surface area contributed by atoms with E-state index in [0.717, 1.165) is 29.3 Å². The fourth-order valence-corrected chi connectivity index (χ4v) is 2.63. The second kappa shape index (κ2) is 7.01. The lowest BCUT2D eigenvalue weighted by Crippen LogP contribution is -2.25. The fraction of sp³-hybridized carbons (Fsp3) is 0.600. The summed E-state index contributed by atoms with van der Waals surface area (Å²) in [5.41, 5.74) is 2.31. The number of halogens is 1. The molecule has 0 amide bonds. The van der Waals surface area contributed by atoms with Crippen molar-refractivity contribution < 1.29 is 4.74 Å². The van der Waals surface area contributed by atoms with Crippen LogP contribution >= 0.6 is 11.6 Å². The molecule has 1 unspecified atom stereocenters. The van der Waals surface area contributed by atoms with Crippen LogP contribution in [0.4, 0.5) is 0 Å².